The molecule has 0 atom stereocenters. The highest BCUT2D eigenvalue weighted by Crippen LogP contribution is 2.30. The van der Waals surface area contributed by atoms with E-state index >= 15 is 0 Å². The molecule has 20 heavy (non-hydrogen) atoms. The Hall–Kier alpha value is -2.21. The van der Waals surface area contributed by atoms with Crippen LogP contribution in [-0.2, 0) is 13.1 Å². The highest BCUT2D eigenvalue weighted by Gasteiger charge is 2.22. The summed E-state index contributed by atoms with van der Waals surface area (Å²) in [6.07, 6.45) is 1.75. The third-order valence-electron chi connectivity index (χ3n) is 3.66. The average molecular weight is 283 g/mol. The predicted octanol–water partition coefficient (Wildman–Crippen LogP) is 2.50. The van der Waals surface area contributed by atoms with Gasteiger partial charge in [0.25, 0.3) is 0 Å². The second-order valence-corrected chi connectivity index (χ2v) is 5.99. The molecule has 0 fully saturated rings. The summed E-state index contributed by atoms with van der Waals surface area (Å²) in [6, 6.07) is 6.42. The standard InChI is InChI=1S/C14H13N5S/c1-8-3-2-4-9-6-19(7-10(8)9)14-16-5-11-12(18-14)20-13(15)17-11/h2-5H,6-7H2,1H3,(H2,15,17). The largest absolute Gasteiger partial charge is 0.375 e. The molecule has 5 nitrogen and oxygen atoms in total. The average Bonchev–Trinajstić information content (AvgIpc) is 3.00. The highest BCUT2D eigenvalue weighted by molar-refractivity contribution is 7.21. The lowest BCUT2D eigenvalue weighted by atomic mass is 10.1. The molecule has 1 aliphatic rings. The monoisotopic (exact) mass is 283 g/mol. The van der Waals surface area contributed by atoms with Crippen LogP contribution in [0.5, 0.6) is 0 Å². The first-order valence-corrected chi connectivity index (χ1v) is 7.24. The van der Waals surface area contributed by atoms with Gasteiger partial charge in [-0.1, -0.05) is 29.5 Å². The van der Waals surface area contributed by atoms with Crippen molar-refractivity contribution in [1.82, 2.24) is 15.0 Å². The molecule has 2 aromatic heterocycles. The van der Waals surface area contributed by atoms with Gasteiger partial charge >= 0.3 is 0 Å². The number of hydrogen-bond acceptors (Lipinski definition) is 6. The second-order valence-electron chi connectivity index (χ2n) is 4.98. The van der Waals surface area contributed by atoms with E-state index in [9.17, 15) is 0 Å². The SMILES string of the molecule is Cc1cccc2c1CN(c1ncc3nc(N)sc3n1)C2. The fourth-order valence-corrected chi connectivity index (χ4v) is 3.30. The molecule has 100 valence electrons. The van der Waals surface area contributed by atoms with Gasteiger partial charge in [0.05, 0.1) is 6.20 Å². The molecule has 0 aliphatic carbocycles. The van der Waals surface area contributed by atoms with Crippen LogP contribution in [0.4, 0.5) is 11.1 Å². The fraction of sp³-hybridized carbons (Fsp3) is 0.214. The van der Waals surface area contributed by atoms with E-state index in [1.807, 2.05) is 0 Å². The summed E-state index contributed by atoms with van der Waals surface area (Å²) < 4.78 is 0. The fourth-order valence-electron chi connectivity index (χ4n) is 2.63. The van der Waals surface area contributed by atoms with E-state index in [2.05, 4.69) is 45.0 Å². The summed E-state index contributed by atoms with van der Waals surface area (Å²) in [5.41, 5.74) is 10.6. The number of aromatic nitrogens is 3. The Labute approximate surface area is 120 Å². The predicted molar refractivity (Wildman–Crippen MR) is 80.7 cm³/mol. The van der Waals surface area contributed by atoms with Gasteiger partial charge in [0, 0.05) is 13.1 Å². The Bertz CT molecular complexity index is 810. The summed E-state index contributed by atoms with van der Waals surface area (Å²) in [4.78, 5) is 16.2. The zero-order chi connectivity index (χ0) is 13.7. The van der Waals surface area contributed by atoms with Crippen molar-refractivity contribution in [2.75, 3.05) is 10.6 Å². The molecule has 0 bridgehead atoms. The van der Waals surface area contributed by atoms with Crippen LogP contribution in [0.1, 0.15) is 16.7 Å². The molecule has 0 saturated carbocycles. The minimum absolute atomic E-state index is 0.534. The lowest BCUT2D eigenvalue weighted by molar-refractivity contribution is 0.833. The second kappa shape index (κ2) is 4.14. The van der Waals surface area contributed by atoms with Gasteiger partial charge in [-0.25, -0.2) is 9.97 Å². The van der Waals surface area contributed by atoms with Crippen LogP contribution in [0.3, 0.4) is 0 Å². The van der Waals surface area contributed by atoms with Gasteiger partial charge in [0.1, 0.15) is 5.52 Å². The maximum absolute atomic E-state index is 5.71. The summed E-state index contributed by atoms with van der Waals surface area (Å²) in [5, 5.41) is 0.534. The summed E-state index contributed by atoms with van der Waals surface area (Å²) >= 11 is 1.40. The number of hydrogen-bond donors (Lipinski definition) is 1. The molecule has 0 amide bonds. The summed E-state index contributed by atoms with van der Waals surface area (Å²) in [7, 11) is 0. The van der Waals surface area contributed by atoms with Gasteiger partial charge < -0.3 is 10.6 Å². The number of fused-ring (bicyclic) bond motifs is 2. The van der Waals surface area contributed by atoms with Crippen LogP contribution < -0.4 is 10.6 Å². The number of thiazole rings is 1. The molecule has 0 spiro atoms. The molecule has 6 heteroatoms. The van der Waals surface area contributed by atoms with Crippen molar-refractivity contribution in [1.29, 1.82) is 0 Å². The van der Waals surface area contributed by atoms with Crippen molar-refractivity contribution < 1.29 is 0 Å². The number of aryl methyl sites for hydroxylation is 1. The smallest absolute Gasteiger partial charge is 0.227 e. The van der Waals surface area contributed by atoms with Crippen LogP contribution in [0.15, 0.2) is 24.4 Å². The highest BCUT2D eigenvalue weighted by atomic mass is 32.1. The van der Waals surface area contributed by atoms with Gasteiger partial charge in [-0.3, -0.25) is 0 Å². The van der Waals surface area contributed by atoms with Crippen LogP contribution in [0.25, 0.3) is 10.3 Å². The molecule has 1 aliphatic heterocycles. The number of nitrogens with zero attached hydrogens (tertiary/aromatic N) is 4. The first-order valence-electron chi connectivity index (χ1n) is 6.42. The van der Waals surface area contributed by atoms with E-state index < -0.39 is 0 Å². The van der Waals surface area contributed by atoms with Crippen molar-refractivity contribution in [3.8, 4) is 0 Å². The third-order valence-corrected chi connectivity index (χ3v) is 4.45. The first kappa shape index (κ1) is 11.6. The summed E-state index contributed by atoms with van der Waals surface area (Å²) in [5.74, 6) is 0.747. The number of anilines is 2. The minimum atomic E-state index is 0.534. The van der Waals surface area contributed by atoms with Crippen molar-refractivity contribution in [3.05, 3.63) is 41.1 Å². The van der Waals surface area contributed by atoms with Crippen molar-refractivity contribution in [2.24, 2.45) is 0 Å². The maximum Gasteiger partial charge on any atom is 0.227 e. The van der Waals surface area contributed by atoms with E-state index in [-0.39, 0.29) is 0 Å². The van der Waals surface area contributed by atoms with Gasteiger partial charge in [0.2, 0.25) is 5.95 Å². The Morgan fingerprint density at radius 1 is 1.25 bits per heavy atom. The summed E-state index contributed by atoms with van der Waals surface area (Å²) in [6.45, 7) is 3.87. The number of nitrogens with two attached hydrogens (primary N) is 1. The molecule has 1 aromatic carbocycles. The molecule has 0 unspecified atom stereocenters. The maximum atomic E-state index is 5.71. The number of benzene rings is 1. The first-order chi connectivity index (χ1) is 9.70. The van der Waals surface area contributed by atoms with E-state index in [4.69, 9.17) is 5.73 Å². The normalized spacial score (nSPS) is 13.9. The van der Waals surface area contributed by atoms with Crippen LogP contribution in [-0.4, -0.2) is 15.0 Å². The van der Waals surface area contributed by atoms with Crippen LogP contribution in [0, 0.1) is 6.92 Å². The lowest BCUT2D eigenvalue weighted by Gasteiger charge is -2.14. The molecule has 2 N–H and O–H groups in total. The third kappa shape index (κ3) is 1.72. The molecule has 4 rings (SSSR count). The topological polar surface area (TPSA) is 67.9 Å². The molecule has 3 heterocycles. The van der Waals surface area contributed by atoms with E-state index in [1.165, 1.54) is 28.0 Å². The van der Waals surface area contributed by atoms with Gasteiger partial charge in [0.15, 0.2) is 9.96 Å². The van der Waals surface area contributed by atoms with Crippen LogP contribution >= 0.6 is 11.3 Å². The zero-order valence-electron chi connectivity index (χ0n) is 11.0. The number of nitrogen functional groups attached to an aromatic ring is 1. The Kier molecular flexibility index (Phi) is 2.40. The quantitative estimate of drug-likeness (QED) is 0.743. The van der Waals surface area contributed by atoms with E-state index in [1.54, 1.807) is 6.20 Å². The van der Waals surface area contributed by atoms with Crippen molar-refractivity contribution in [2.45, 2.75) is 20.0 Å². The molecular formula is C14H13N5S. The van der Waals surface area contributed by atoms with Gasteiger partial charge in [-0.2, -0.15) is 4.98 Å². The van der Waals surface area contributed by atoms with Gasteiger partial charge in [-0.05, 0) is 23.6 Å². The minimum Gasteiger partial charge on any atom is -0.375 e. The van der Waals surface area contributed by atoms with Crippen molar-refractivity contribution in [3.63, 3.8) is 0 Å². The van der Waals surface area contributed by atoms with E-state index in [0.717, 1.165) is 29.4 Å². The molecule has 0 saturated heterocycles. The Morgan fingerprint density at radius 3 is 3.00 bits per heavy atom. The Morgan fingerprint density at radius 2 is 2.15 bits per heavy atom. The van der Waals surface area contributed by atoms with Gasteiger partial charge in [-0.15, -0.1) is 0 Å². The van der Waals surface area contributed by atoms with E-state index in [0.29, 0.717) is 5.13 Å². The zero-order valence-corrected chi connectivity index (χ0v) is 11.8. The van der Waals surface area contributed by atoms with Crippen LogP contribution in [0.2, 0.25) is 0 Å². The Balaban J connectivity index is 1.73. The van der Waals surface area contributed by atoms with Crippen molar-refractivity contribution >= 4 is 32.8 Å². The lowest BCUT2D eigenvalue weighted by Crippen LogP contribution is -2.17. The molecule has 0 radical (unpaired) electrons. The number of rotatable bonds is 1. The molecule has 3 aromatic rings. The molecular weight excluding hydrogens is 270 g/mol.